The van der Waals surface area contributed by atoms with E-state index in [0.717, 1.165) is 5.54 Å². The van der Waals surface area contributed by atoms with Crippen LogP contribution in [0.4, 0.5) is 0 Å². The van der Waals surface area contributed by atoms with E-state index in [1.807, 2.05) is 0 Å². The van der Waals surface area contributed by atoms with Crippen molar-refractivity contribution in [2.24, 2.45) is 0 Å². The van der Waals surface area contributed by atoms with Gasteiger partial charge in [0.2, 0.25) is 0 Å². The molecule has 1 nitrogen and oxygen atoms in total. The van der Waals surface area contributed by atoms with E-state index in [4.69, 9.17) is 4.43 Å². The Morgan fingerprint density at radius 1 is 1.36 bits per heavy atom. The number of hydrogen-bond acceptors (Lipinski definition) is 1. The normalized spacial score (nSPS) is 16.6. The van der Waals surface area contributed by atoms with Crippen molar-refractivity contribution >= 4 is 18.6 Å². The van der Waals surface area contributed by atoms with Crippen LogP contribution >= 0.6 is 0 Å². The molecule has 0 aromatic rings. The van der Waals surface area contributed by atoms with Gasteiger partial charge in [-0.05, 0) is 25.9 Å². The minimum absolute atomic E-state index is 0.0204. The second-order valence-electron chi connectivity index (χ2n) is 4.18. The van der Waals surface area contributed by atoms with Crippen LogP contribution in [0.5, 0.6) is 0 Å². The van der Waals surface area contributed by atoms with E-state index in [1.165, 1.54) is 0 Å². The van der Waals surface area contributed by atoms with Gasteiger partial charge in [-0.1, -0.05) is 20.4 Å². The molecule has 0 radical (unpaired) electrons. The van der Waals surface area contributed by atoms with Crippen LogP contribution in [0.1, 0.15) is 27.7 Å². The Hall–Kier alpha value is 0.394. The van der Waals surface area contributed by atoms with Gasteiger partial charge in [0.1, 0.15) is 0 Å². The molecule has 1 atom stereocenters. The molecule has 11 heavy (non-hydrogen) atoms. The SMILES string of the molecule is C[SiH2]C(C)(C)O[SiH](C)C(C)C. The lowest BCUT2D eigenvalue weighted by Crippen LogP contribution is -2.37. The first-order valence-corrected chi connectivity index (χ1v) is 8.98. The average molecular weight is 190 g/mol. The highest BCUT2D eigenvalue weighted by atomic mass is 28.3. The van der Waals surface area contributed by atoms with Gasteiger partial charge in [0.25, 0.3) is 0 Å². The molecule has 0 aromatic heterocycles. The summed E-state index contributed by atoms with van der Waals surface area (Å²) in [5, 5.41) is 0.246. The zero-order valence-electron chi connectivity index (χ0n) is 8.77. The van der Waals surface area contributed by atoms with Crippen LogP contribution in [0.2, 0.25) is 18.6 Å². The van der Waals surface area contributed by atoms with Gasteiger partial charge in [0.15, 0.2) is 9.04 Å². The molecule has 1 unspecified atom stereocenters. The van der Waals surface area contributed by atoms with Crippen molar-refractivity contribution in [3.05, 3.63) is 0 Å². The molecule has 68 valence electrons. The standard InChI is InChI=1S/C8H22OSi2/c1-7(2)11(6)9-8(3,4)10-5/h7,11H,10H2,1-6H3. The summed E-state index contributed by atoms with van der Waals surface area (Å²) in [6.45, 7) is 13.6. The summed E-state index contributed by atoms with van der Waals surface area (Å²) in [6, 6.07) is 0. The monoisotopic (exact) mass is 190 g/mol. The van der Waals surface area contributed by atoms with E-state index in [2.05, 4.69) is 40.8 Å². The maximum absolute atomic E-state index is 6.05. The predicted molar refractivity (Wildman–Crippen MR) is 57.7 cm³/mol. The topological polar surface area (TPSA) is 9.23 Å². The van der Waals surface area contributed by atoms with Gasteiger partial charge < -0.3 is 4.43 Å². The van der Waals surface area contributed by atoms with Crippen molar-refractivity contribution in [3.8, 4) is 0 Å². The summed E-state index contributed by atoms with van der Waals surface area (Å²) >= 11 is 0. The molecule has 0 spiro atoms. The minimum atomic E-state index is -0.883. The van der Waals surface area contributed by atoms with Crippen LogP contribution in [0.15, 0.2) is 0 Å². The van der Waals surface area contributed by atoms with Crippen molar-refractivity contribution < 1.29 is 4.43 Å². The molecule has 0 aliphatic rings. The number of hydrogen-bond donors (Lipinski definition) is 0. The maximum atomic E-state index is 6.05. The van der Waals surface area contributed by atoms with Gasteiger partial charge in [-0.15, -0.1) is 0 Å². The Balaban J connectivity index is 3.83. The first kappa shape index (κ1) is 11.4. The second-order valence-corrected chi connectivity index (χ2v) is 9.57. The van der Waals surface area contributed by atoms with Crippen molar-refractivity contribution in [2.75, 3.05) is 0 Å². The Bertz CT molecular complexity index is 113. The molecule has 0 fully saturated rings. The highest BCUT2D eigenvalue weighted by Crippen LogP contribution is 2.16. The molecule has 0 aromatic carbocycles. The highest BCUT2D eigenvalue weighted by molar-refractivity contribution is 6.53. The average Bonchev–Trinajstić information content (AvgIpc) is 1.87. The smallest absolute Gasteiger partial charge is 0.176 e. The maximum Gasteiger partial charge on any atom is 0.176 e. The Kier molecular flexibility index (Phi) is 4.59. The van der Waals surface area contributed by atoms with Crippen LogP contribution in [0.25, 0.3) is 0 Å². The van der Waals surface area contributed by atoms with E-state index in [-0.39, 0.29) is 14.7 Å². The van der Waals surface area contributed by atoms with Crippen LogP contribution in [0, 0.1) is 0 Å². The van der Waals surface area contributed by atoms with Crippen LogP contribution in [0.3, 0.4) is 0 Å². The van der Waals surface area contributed by atoms with E-state index in [1.54, 1.807) is 0 Å². The summed E-state index contributed by atoms with van der Waals surface area (Å²) < 4.78 is 6.05. The molecule has 0 saturated carbocycles. The molecular weight excluding hydrogens is 168 g/mol. The van der Waals surface area contributed by atoms with Gasteiger partial charge in [-0.3, -0.25) is 0 Å². The van der Waals surface area contributed by atoms with Gasteiger partial charge in [0, 0.05) is 5.22 Å². The van der Waals surface area contributed by atoms with Crippen molar-refractivity contribution in [1.29, 1.82) is 0 Å². The molecule has 0 bridgehead atoms. The summed E-state index contributed by atoms with van der Waals surface area (Å²) in [7, 11) is -0.904. The Morgan fingerprint density at radius 2 is 1.82 bits per heavy atom. The summed E-state index contributed by atoms with van der Waals surface area (Å²) in [4.78, 5) is 0. The third-order valence-corrected chi connectivity index (χ3v) is 7.39. The van der Waals surface area contributed by atoms with Crippen LogP contribution in [-0.2, 0) is 4.43 Å². The van der Waals surface area contributed by atoms with E-state index < -0.39 is 9.04 Å². The quantitative estimate of drug-likeness (QED) is 0.614. The molecule has 3 heteroatoms. The second kappa shape index (κ2) is 4.43. The zero-order valence-corrected chi connectivity index (χ0v) is 11.3. The fourth-order valence-corrected chi connectivity index (χ4v) is 3.46. The Morgan fingerprint density at radius 3 is 2.09 bits per heavy atom. The van der Waals surface area contributed by atoms with Crippen molar-refractivity contribution in [2.45, 2.75) is 51.6 Å². The molecule has 0 aliphatic heterocycles. The Labute approximate surface area is 75.1 Å². The largest absolute Gasteiger partial charge is 0.419 e. The van der Waals surface area contributed by atoms with Gasteiger partial charge in [-0.2, -0.15) is 0 Å². The molecule has 0 amide bonds. The lowest BCUT2D eigenvalue weighted by atomic mass is 10.5. The first-order chi connectivity index (χ1) is 4.89. The fraction of sp³-hybridized carbons (Fsp3) is 1.00. The molecule has 0 aliphatic carbocycles. The molecular formula is C8H22OSi2. The third-order valence-electron chi connectivity index (χ3n) is 2.30. The van der Waals surface area contributed by atoms with E-state index in [0.29, 0.717) is 0 Å². The molecule has 0 saturated heterocycles. The van der Waals surface area contributed by atoms with Crippen LogP contribution in [-0.4, -0.2) is 23.8 Å². The summed E-state index contributed by atoms with van der Waals surface area (Å²) in [5.74, 6) is 0. The minimum Gasteiger partial charge on any atom is -0.419 e. The number of rotatable bonds is 4. The fourth-order valence-electron chi connectivity index (χ4n) is 0.723. The van der Waals surface area contributed by atoms with Crippen LogP contribution < -0.4 is 0 Å². The lowest BCUT2D eigenvalue weighted by Gasteiger charge is -2.29. The van der Waals surface area contributed by atoms with E-state index in [9.17, 15) is 0 Å². The van der Waals surface area contributed by atoms with Crippen molar-refractivity contribution in [1.82, 2.24) is 0 Å². The van der Waals surface area contributed by atoms with E-state index >= 15 is 0 Å². The lowest BCUT2D eigenvalue weighted by molar-refractivity contribution is 0.192. The molecule has 0 rings (SSSR count). The van der Waals surface area contributed by atoms with Gasteiger partial charge >= 0.3 is 0 Å². The van der Waals surface area contributed by atoms with Crippen molar-refractivity contribution in [3.63, 3.8) is 0 Å². The summed E-state index contributed by atoms with van der Waals surface area (Å²) in [5.41, 5.74) is 0.773. The summed E-state index contributed by atoms with van der Waals surface area (Å²) in [6.07, 6.45) is 0. The van der Waals surface area contributed by atoms with Gasteiger partial charge in [0.05, 0.1) is 9.52 Å². The highest BCUT2D eigenvalue weighted by Gasteiger charge is 2.21. The molecule has 0 heterocycles. The molecule has 0 N–H and O–H groups in total. The first-order valence-electron chi connectivity index (χ1n) is 4.57. The van der Waals surface area contributed by atoms with Gasteiger partial charge in [-0.25, -0.2) is 0 Å². The predicted octanol–water partition coefficient (Wildman–Crippen LogP) is 1.72. The zero-order chi connectivity index (χ0) is 9.07. The third kappa shape index (κ3) is 4.77.